The molecule has 0 radical (unpaired) electrons. The van der Waals surface area contributed by atoms with Crippen molar-refractivity contribution in [3.05, 3.63) is 65.2 Å². The summed E-state index contributed by atoms with van der Waals surface area (Å²) in [5.41, 5.74) is 4.63. The Morgan fingerprint density at radius 3 is 2.13 bits per heavy atom. The molecule has 2 aromatic rings. The molecule has 0 saturated heterocycles. The molecular formula is C20H26N2O. The van der Waals surface area contributed by atoms with Gasteiger partial charge in [-0.15, -0.1) is 0 Å². The van der Waals surface area contributed by atoms with Crippen LogP contribution in [0.3, 0.4) is 0 Å². The molecule has 2 rings (SSSR count). The third-order valence-electron chi connectivity index (χ3n) is 3.77. The fraction of sp³-hybridized carbons (Fsp3) is 0.350. The molecule has 0 heterocycles. The third-order valence-corrected chi connectivity index (χ3v) is 3.77. The molecule has 0 aromatic heterocycles. The number of anilines is 1. The van der Waals surface area contributed by atoms with Crippen molar-refractivity contribution < 1.29 is 4.79 Å². The van der Waals surface area contributed by atoms with E-state index in [1.807, 2.05) is 12.1 Å². The molecular weight excluding hydrogens is 284 g/mol. The van der Waals surface area contributed by atoms with Gasteiger partial charge in [-0.05, 0) is 35.6 Å². The Morgan fingerprint density at radius 1 is 0.957 bits per heavy atom. The molecule has 0 unspecified atom stereocenters. The zero-order valence-corrected chi connectivity index (χ0v) is 14.4. The second-order valence-electron chi connectivity index (χ2n) is 6.96. The normalized spacial score (nSPS) is 11.3. The molecule has 0 bridgehead atoms. The first-order valence-corrected chi connectivity index (χ1v) is 8.01. The second-order valence-corrected chi connectivity index (χ2v) is 6.96. The summed E-state index contributed by atoms with van der Waals surface area (Å²) >= 11 is 0. The van der Waals surface area contributed by atoms with E-state index >= 15 is 0 Å². The van der Waals surface area contributed by atoms with Crippen molar-refractivity contribution in [3.63, 3.8) is 0 Å². The minimum atomic E-state index is -0.0272. The van der Waals surface area contributed by atoms with Gasteiger partial charge in [-0.3, -0.25) is 4.79 Å². The molecule has 0 aliphatic carbocycles. The minimum Gasteiger partial charge on any atom is -0.325 e. The summed E-state index contributed by atoms with van der Waals surface area (Å²) in [7, 11) is 0. The van der Waals surface area contributed by atoms with Gasteiger partial charge in [-0.25, -0.2) is 0 Å². The summed E-state index contributed by atoms with van der Waals surface area (Å²) in [4.78, 5) is 12.0. The molecule has 0 atom stereocenters. The Balaban J connectivity index is 1.79. The van der Waals surface area contributed by atoms with Gasteiger partial charge in [0.15, 0.2) is 0 Å². The number of amides is 1. The second kappa shape index (κ2) is 7.42. The average molecular weight is 310 g/mol. The zero-order valence-electron chi connectivity index (χ0n) is 14.4. The van der Waals surface area contributed by atoms with Gasteiger partial charge in [-0.1, -0.05) is 62.7 Å². The average Bonchev–Trinajstić information content (AvgIpc) is 2.49. The maximum atomic E-state index is 12.0. The molecule has 2 aromatic carbocycles. The van der Waals surface area contributed by atoms with Crippen LogP contribution < -0.4 is 10.6 Å². The first kappa shape index (κ1) is 17.2. The van der Waals surface area contributed by atoms with Crippen LogP contribution in [-0.4, -0.2) is 12.5 Å². The topological polar surface area (TPSA) is 41.1 Å². The van der Waals surface area contributed by atoms with Crippen LogP contribution in [0, 0.1) is 6.92 Å². The molecule has 3 heteroatoms. The Kier molecular flexibility index (Phi) is 5.56. The first-order valence-electron chi connectivity index (χ1n) is 8.01. The van der Waals surface area contributed by atoms with Crippen molar-refractivity contribution in [1.29, 1.82) is 0 Å². The molecule has 23 heavy (non-hydrogen) atoms. The quantitative estimate of drug-likeness (QED) is 0.875. The Morgan fingerprint density at radius 2 is 1.57 bits per heavy atom. The van der Waals surface area contributed by atoms with Gasteiger partial charge in [0.05, 0.1) is 6.54 Å². The number of nitrogens with one attached hydrogen (secondary N) is 2. The van der Waals surface area contributed by atoms with Crippen LogP contribution in [0.1, 0.15) is 37.5 Å². The predicted molar refractivity (Wildman–Crippen MR) is 96.7 cm³/mol. The Labute approximate surface area is 139 Å². The van der Waals surface area contributed by atoms with Gasteiger partial charge in [0.25, 0.3) is 0 Å². The van der Waals surface area contributed by atoms with E-state index in [4.69, 9.17) is 0 Å². The highest BCUT2D eigenvalue weighted by Gasteiger charge is 2.13. The monoisotopic (exact) mass is 310 g/mol. The van der Waals surface area contributed by atoms with Crippen LogP contribution in [0.2, 0.25) is 0 Å². The molecule has 0 aliphatic rings. The largest absolute Gasteiger partial charge is 0.325 e. The third kappa shape index (κ3) is 5.53. The number of carbonyl (C=O) groups is 1. The van der Waals surface area contributed by atoms with Gasteiger partial charge < -0.3 is 10.6 Å². The fourth-order valence-corrected chi connectivity index (χ4v) is 2.29. The lowest BCUT2D eigenvalue weighted by Crippen LogP contribution is -2.27. The Hall–Kier alpha value is -2.13. The lowest BCUT2D eigenvalue weighted by molar-refractivity contribution is -0.115. The highest BCUT2D eigenvalue weighted by molar-refractivity contribution is 5.92. The summed E-state index contributed by atoms with van der Waals surface area (Å²) in [6.07, 6.45) is 0. The van der Waals surface area contributed by atoms with E-state index in [1.165, 1.54) is 16.7 Å². The SMILES string of the molecule is Cc1ccc(CNCC(=O)Nc2ccc(C(C)(C)C)cc2)cc1. The maximum absolute atomic E-state index is 12.0. The number of hydrogen-bond donors (Lipinski definition) is 2. The summed E-state index contributed by atoms with van der Waals surface area (Å²) in [5, 5.41) is 6.08. The summed E-state index contributed by atoms with van der Waals surface area (Å²) in [5.74, 6) is -0.0272. The van der Waals surface area contributed by atoms with E-state index in [-0.39, 0.29) is 11.3 Å². The van der Waals surface area contributed by atoms with Crippen LogP contribution in [-0.2, 0) is 16.8 Å². The molecule has 2 N–H and O–H groups in total. The van der Waals surface area contributed by atoms with E-state index < -0.39 is 0 Å². The van der Waals surface area contributed by atoms with Crippen molar-refractivity contribution in [1.82, 2.24) is 5.32 Å². The molecule has 0 saturated carbocycles. The fourth-order valence-electron chi connectivity index (χ4n) is 2.29. The number of aryl methyl sites for hydroxylation is 1. The van der Waals surface area contributed by atoms with E-state index in [2.05, 4.69) is 74.7 Å². The van der Waals surface area contributed by atoms with Crippen molar-refractivity contribution in [3.8, 4) is 0 Å². The van der Waals surface area contributed by atoms with E-state index in [0.717, 1.165) is 5.69 Å². The summed E-state index contributed by atoms with van der Waals surface area (Å²) in [6.45, 7) is 9.59. The number of benzene rings is 2. The highest BCUT2D eigenvalue weighted by Crippen LogP contribution is 2.23. The standard InChI is InChI=1S/C20H26N2O/c1-15-5-7-16(8-6-15)13-21-14-19(23)22-18-11-9-17(10-12-18)20(2,3)4/h5-12,21H,13-14H2,1-4H3,(H,22,23). The van der Waals surface area contributed by atoms with Crippen LogP contribution in [0.25, 0.3) is 0 Å². The Bertz CT molecular complexity index is 637. The molecule has 122 valence electrons. The first-order chi connectivity index (χ1) is 10.8. The van der Waals surface area contributed by atoms with Gasteiger partial charge in [0.1, 0.15) is 0 Å². The van der Waals surface area contributed by atoms with Crippen molar-refractivity contribution >= 4 is 11.6 Å². The van der Waals surface area contributed by atoms with Gasteiger partial charge >= 0.3 is 0 Å². The van der Waals surface area contributed by atoms with Crippen molar-refractivity contribution in [2.75, 3.05) is 11.9 Å². The summed E-state index contributed by atoms with van der Waals surface area (Å²) in [6, 6.07) is 16.3. The van der Waals surface area contributed by atoms with E-state index in [1.54, 1.807) is 0 Å². The smallest absolute Gasteiger partial charge is 0.238 e. The van der Waals surface area contributed by atoms with Crippen LogP contribution in [0.5, 0.6) is 0 Å². The number of rotatable bonds is 5. The number of hydrogen-bond acceptors (Lipinski definition) is 2. The predicted octanol–water partition coefficient (Wildman–Crippen LogP) is 4.02. The van der Waals surface area contributed by atoms with Crippen molar-refractivity contribution in [2.24, 2.45) is 0 Å². The minimum absolute atomic E-state index is 0.0272. The molecule has 0 aliphatic heterocycles. The van der Waals surface area contributed by atoms with Gasteiger partial charge in [-0.2, -0.15) is 0 Å². The van der Waals surface area contributed by atoms with Crippen molar-refractivity contribution in [2.45, 2.75) is 39.7 Å². The lowest BCUT2D eigenvalue weighted by Gasteiger charge is -2.19. The van der Waals surface area contributed by atoms with E-state index in [9.17, 15) is 4.79 Å². The summed E-state index contributed by atoms with van der Waals surface area (Å²) < 4.78 is 0. The van der Waals surface area contributed by atoms with Crippen LogP contribution in [0.4, 0.5) is 5.69 Å². The maximum Gasteiger partial charge on any atom is 0.238 e. The number of carbonyl (C=O) groups excluding carboxylic acids is 1. The lowest BCUT2D eigenvalue weighted by atomic mass is 9.87. The molecule has 1 amide bonds. The van der Waals surface area contributed by atoms with Gasteiger partial charge in [0, 0.05) is 12.2 Å². The molecule has 0 fully saturated rings. The van der Waals surface area contributed by atoms with Crippen LogP contribution >= 0.6 is 0 Å². The van der Waals surface area contributed by atoms with E-state index in [0.29, 0.717) is 13.1 Å². The zero-order chi connectivity index (χ0) is 16.9. The van der Waals surface area contributed by atoms with Gasteiger partial charge in [0.2, 0.25) is 5.91 Å². The highest BCUT2D eigenvalue weighted by atomic mass is 16.1. The molecule has 0 spiro atoms. The van der Waals surface area contributed by atoms with Crippen LogP contribution in [0.15, 0.2) is 48.5 Å². The molecule has 3 nitrogen and oxygen atoms in total.